The predicted molar refractivity (Wildman–Crippen MR) is 88.4 cm³/mol. The fourth-order valence-corrected chi connectivity index (χ4v) is 2.93. The third-order valence-electron chi connectivity index (χ3n) is 3.87. The van der Waals surface area contributed by atoms with Crippen LogP contribution < -0.4 is 10.1 Å². The summed E-state index contributed by atoms with van der Waals surface area (Å²) in [6.45, 7) is 4.50. The summed E-state index contributed by atoms with van der Waals surface area (Å²) in [5.41, 5.74) is 1.25. The molecule has 1 aliphatic rings. The van der Waals surface area contributed by atoms with Gasteiger partial charge >= 0.3 is 0 Å². The molecule has 1 aromatic heterocycles. The van der Waals surface area contributed by atoms with Crippen molar-refractivity contribution in [3.05, 3.63) is 59.4 Å². The molecule has 1 saturated heterocycles. The van der Waals surface area contributed by atoms with Crippen LogP contribution in [-0.2, 0) is 0 Å². The van der Waals surface area contributed by atoms with Crippen LogP contribution in [0.2, 0.25) is 5.02 Å². The lowest BCUT2D eigenvalue weighted by molar-refractivity contribution is 0.134. The van der Waals surface area contributed by atoms with Crippen molar-refractivity contribution in [3.63, 3.8) is 0 Å². The number of aromatic nitrogens is 1. The van der Waals surface area contributed by atoms with E-state index in [9.17, 15) is 0 Å². The summed E-state index contributed by atoms with van der Waals surface area (Å²) in [5, 5.41) is 4.15. The van der Waals surface area contributed by atoms with Crippen LogP contribution in [0.4, 0.5) is 0 Å². The van der Waals surface area contributed by atoms with E-state index in [4.69, 9.17) is 16.3 Å². The fourth-order valence-electron chi connectivity index (χ4n) is 2.75. The van der Waals surface area contributed by atoms with Crippen molar-refractivity contribution in [1.82, 2.24) is 15.2 Å². The lowest BCUT2D eigenvalue weighted by atomic mass is 10.1. The van der Waals surface area contributed by atoms with Crippen LogP contribution in [0, 0.1) is 0 Å². The van der Waals surface area contributed by atoms with E-state index < -0.39 is 0 Å². The molecule has 1 unspecified atom stereocenters. The first kappa shape index (κ1) is 15.3. The maximum absolute atomic E-state index is 5.97. The van der Waals surface area contributed by atoms with Gasteiger partial charge in [0.15, 0.2) is 0 Å². The smallest absolute Gasteiger partial charge is 0.120 e. The lowest BCUT2D eigenvalue weighted by Crippen LogP contribution is -2.47. The molecule has 1 aromatic carbocycles. The van der Waals surface area contributed by atoms with Crippen molar-refractivity contribution < 1.29 is 4.74 Å². The van der Waals surface area contributed by atoms with Crippen molar-refractivity contribution in [1.29, 1.82) is 0 Å². The van der Waals surface area contributed by atoms with E-state index in [1.807, 2.05) is 42.7 Å². The summed E-state index contributed by atoms with van der Waals surface area (Å²) in [4.78, 5) is 6.67. The molecule has 1 atom stereocenters. The largest absolute Gasteiger partial charge is 0.492 e. The molecule has 1 fully saturated rings. The van der Waals surface area contributed by atoms with Crippen LogP contribution in [0.5, 0.6) is 5.75 Å². The number of benzene rings is 1. The molecule has 22 heavy (non-hydrogen) atoms. The molecular formula is C17H20ClN3O. The summed E-state index contributed by atoms with van der Waals surface area (Å²) in [7, 11) is 0. The Morgan fingerprint density at radius 3 is 3.09 bits per heavy atom. The number of rotatable bonds is 5. The summed E-state index contributed by atoms with van der Waals surface area (Å²) in [5.74, 6) is 0.820. The second kappa shape index (κ2) is 7.58. The highest BCUT2D eigenvalue weighted by molar-refractivity contribution is 6.30. The summed E-state index contributed by atoms with van der Waals surface area (Å²) in [6, 6.07) is 12.0. The normalized spacial score (nSPS) is 19.0. The van der Waals surface area contributed by atoms with E-state index >= 15 is 0 Å². The van der Waals surface area contributed by atoms with Crippen LogP contribution in [0.15, 0.2) is 48.8 Å². The van der Waals surface area contributed by atoms with Gasteiger partial charge in [0.2, 0.25) is 0 Å². The predicted octanol–water partition coefficient (Wildman–Crippen LogP) is 2.76. The summed E-state index contributed by atoms with van der Waals surface area (Å²) < 4.78 is 5.81. The molecule has 2 heterocycles. The van der Waals surface area contributed by atoms with Gasteiger partial charge in [-0.1, -0.05) is 23.7 Å². The average molecular weight is 318 g/mol. The molecule has 0 amide bonds. The minimum atomic E-state index is 0.352. The average Bonchev–Trinajstić information content (AvgIpc) is 2.56. The molecule has 0 saturated carbocycles. The Morgan fingerprint density at radius 2 is 2.27 bits per heavy atom. The van der Waals surface area contributed by atoms with E-state index in [1.165, 1.54) is 5.56 Å². The highest BCUT2D eigenvalue weighted by Crippen LogP contribution is 2.21. The van der Waals surface area contributed by atoms with Gasteiger partial charge < -0.3 is 10.1 Å². The molecule has 1 aliphatic heterocycles. The van der Waals surface area contributed by atoms with Crippen molar-refractivity contribution in [3.8, 4) is 5.75 Å². The van der Waals surface area contributed by atoms with Gasteiger partial charge in [0, 0.05) is 49.6 Å². The van der Waals surface area contributed by atoms with Gasteiger partial charge in [0.25, 0.3) is 0 Å². The van der Waals surface area contributed by atoms with Crippen LogP contribution in [-0.4, -0.2) is 42.7 Å². The van der Waals surface area contributed by atoms with Crippen LogP contribution in [0.3, 0.4) is 0 Å². The van der Waals surface area contributed by atoms with Gasteiger partial charge in [0.1, 0.15) is 12.4 Å². The first-order chi connectivity index (χ1) is 10.8. The molecule has 0 spiro atoms. The third kappa shape index (κ3) is 3.97. The molecule has 0 aliphatic carbocycles. The molecule has 5 heteroatoms. The van der Waals surface area contributed by atoms with E-state index in [1.54, 1.807) is 0 Å². The Labute approximate surface area is 136 Å². The molecule has 4 nitrogen and oxygen atoms in total. The summed E-state index contributed by atoms with van der Waals surface area (Å²) in [6.07, 6.45) is 3.76. The molecular weight excluding hydrogens is 298 g/mol. The minimum absolute atomic E-state index is 0.352. The molecule has 116 valence electrons. The van der Waals surface area contributed by atoms with E-state index in [2.05, 4.69) is 21.3 Å². The third-order valence-corrected chi connectivity index (χ3v) is 4.10. The highest BCUT2D eigenvalue weighted by atomic mass is 35.5. The molecule has 0 radical (unpaired) electrons. The van der Waals surface area contributed by atoms with Gasteiger partial charge in [0.05, 0.1) is 0 Å². The molecule has 0 bridgehead atoms. The van der Waals surface area contributed by atoms with E-state index in [0.717, 1.165) is 31.9 Å². The monoisotopic (exact) mass is 317 g/mol. The first-order valence-corrected chi connectivity index (χ1v) is 7.94. The zero-order chi connectivity index (χ0) is 15.2. The number of nitrogens with one attached hydrogen (secondary N) is 1. The highest BCUT2D eigenvalue weighted by Gasteiger charge is 2.23. The Morgan fingerprint density at radius 1 is 1.32 bits per heavy atom. The van der Waals surface area contributed by atoms with Crippen molar-refractivity contribution in [2.45, 2.75) is 6.04 Å². The minimum Gasteiger partial charge on any atom is -0.492 e. The zero-order valence-corrected chi connectivity index (χ0v) is 13.2. The maximum atomic E-state index is 5.97. The zero-order valence-electron chi connectivity index (χ0n) is 12.4. The molecule has 2 aromatic rings. The molecule has 1 N–H and O–H groups in total. The van der Waals surface area contributed by atoms with Crippen molar-refractivity contribution in [2.24, 2.45) is 0 Å². The van der Waals surface area contributed by atoms with Crippen molar-refractivity contribution in [2.75, 3.05) is 32.8 Å². The number of halogens is 1. The second-order valence-electron chi connectivity index (χ2n) is 5.35. The standard InChI is InChI=1S/C17H20ClN3O/c18-15-4-1-5-16(11-15)22-10-9-21-8-7-20-13-17(21)14-3-2-6-19-12-14/h1-6,11-12,17,20H,7-10,13H2. The van der Waals surface area contributed by atoms with Gasteiger partial charge in [-0.3, -0.25) is 9.88 Å². The van der Waals surface area contributed by atoms with E-state index in [0.29, 0.717) is 17.7 Å². The van der Waals surface area contributed by atoms with Crippen molar-refractivity contribution >= 4 is 11.6 Å². The van der Waals surface area contributed by atoms with E-state index in [-0.39, 0.29) is 0 Å². The lowest BCUT2D eigenvalue weighted by Gasteiger charge is -2.36. The fraction of sp³-hybridized carbons (Fsp3) is 0.353. The Bertz CT molecular complexity index is 593. The SMILES string of the molecule is Clc1cccc(OCCN2CCNCC2c2cccnc2)c1. The number of nitrogens with zero attached hydrogens (tertiary/aromatic N) is 2. The number of pyridine rings is 1. The second-order valence-corrected chi connectivity index (χ2v) is 5.78. The number of piperazine rings is 1. The summed E-state index contributed by atoms with van der Waals surface area (Å²) >= 11 is 5.97. The van der Waals surface area contributed by atoms with Crippen LogP contribution in [0.25, 0.3) is 0 Å². The van der Waals surface area contributed by atoms with Crippen LogP contribution >= 0.6 is 11.6 Å². The molecule has 3 rings (SSSR count). The van der Waals surface area contributed by atoms with Gasteiger partial charge in [-0.25, -0.2) is 0 Å². The number of hydrogen-bond donors (Lipinski definition) is 1. The van der Waals surface area contributed by atoms with Gasteiger partial charge in [-0.15, -0.1) is 0 Å². The topological polar surface area (TPSA) is 37.4 Å². The number of ether oxygens (including phenoxy) is 1. The first-order valence-electron chi connectivity index (χ1n) is 7.56. The van der Waals surface area contributed by atoms with Gasteiger partial charge in [-0.05, 0) is 29.8 Å². The van der Waals surface area contributed by atoms with Crippen LogP contribution in [0.1, 0.15) is 11.6 Å². The van der Waals surface area contributed by atoms with Gasteiger partial charge in [-0.2, -0.15) is 0 Å². The number of hydrogen-bond acceptors (Lipinski definition) is 4. The Hall–Kier alpha value is -1.62. The quantitative estimate of drug-likeness (QED) is 0.920. The maximum Gasteiger partial charge on any atom is 0.120 e. The Balaban J connectivity index is 1.58. The Kier molecular flexibility index (Phi) is 5.27.